The van der Waals surface area contributed by atoms with Crippen molar-refractivity contribution in [3.8, 4) is 0 Å². The highest BCUT2D eigenvalue weighted by molar-refractivity contribution is 7.13. The third-order valence-corrected chi connectivity index (χ3v) is 4.26. The molecule has 19 heavy (non-hydrogen) atoms. The molecule has 2 aromatic rings. The average Bonchev–Trinajstić information content (AvgIpc) is 2.69. The van der Waals surface area contributed by atoms with E-state index in [1.165, 1.54) is 11.5 Å². The Morgan fingerprint density at radius 1 is 1.37 bits per heavy atom. The van der Waals surface area contributed by atoms with Crippen LogP contribution in [0.1, 0.15) is 29.8 Å². The van der Waals surface area contributed by atoms with Crippen molar-refractivity contribution >= 4 is 39.1 Å². The van der Waals surface area contributed by atoms with Crippen LogP contribution in [0.3, 0.4) is 0 Å². The minimum absolute atomic E-state index is 0.0743. The Bertz CT molecular complexity index is 661. The second-order valence-electron chi connectivity index (χ2n) is 4.72. The van der Waals surface area contributed by atoms with Crippen molar-refractivity contribution < 1.29 is 9.59 Å². The van der Waals surface area contributed by atoms with Crippen molar-refractivity contribution in [2.24, 2.45) is 11.7 Å². The van der Waals surface area contributed by atoms with E-state index in [0.29, 0.717) is 0 Å². The first kappa shape index (κ1) is 12.1. The summed E-state index contributed by atoms with van der Waals surface area (Å²) in [5.41, 5.74) is 6.27. The maximum absolute atomic E-state index is 11.8. The number of nitrogens with two attached hydrogens (primary N) is 1. The lowest BCUT2D eigenvalue weighted by Crippen LogP contribution is -2.27. The van der Waals surface area contributed by atoms with Crippen molar-refractivity contribution in [2.45, 2.75) is 19.3 Å². The molecular formula is C13H13N3O2S. The average molecular weight is 275 g/mol. The molecule has 1 aromatic heterocycles. The van der Waals surface area contributed by atoms with E-state index in [0.717, 1.165) is 35.0 Å². The van der Waals surface area contributed by atoms with Crippen molar-refractivity contribution in [1.29, 1.82) is 0 Å². The van der Waals surface area contributed by atoms with Crippen LogP contribution < -0.4 is 11.1 Å². The van der Waals surface area contributed by atoms with Crippen LogP contribution in [-0.4, -0.2) is 16.2 Å². The summed E-state index contributed by atoms with van der Waals surface area (Å²) in [4.78, 5) is 23.0. The number of benzene rings is 1. The molecule has 3 N–H and O–H groups in total. The third-order valence-electron chi connectivity index (χ3n) is 3.45. The molecule has 1 aliphatic carbocycles. The topological polar surface area (TPSA) is 85.1 Å². The van der Waals surface area contributed by atoms with Crippen LogP contribution in [0.25, 0.3) is 10.1 Å². The van der Waals surface area contributed by atoms with Gasteiger partial charge < -0.3 is 11.1 Å². The Kier molecular flexibility index (Phi) is 2.94. The maximum Gasteiger partial charge on any atom is 0.269 e. The fraction of sp³-hybridized carbons (Fsp3) is 0.308. The second kappa shape index (κ2) is 4.62. The number of hydrogen-bond donors (Lipinski definition) is 2. The molecule has 2 amide bonds. The summed E-state index contributed by atoms with van der Waals surface area (Å²) in [6.45, 7) is 0. The van der Waals surface area contributed by atoms with E-state index in [9.17, 15) is 9.59 Å². The van der Waals surface area contributed by atoms with Crippen LogP contribution in [0.4, 0.5) is 5.69 Å². The molecule has 1 saturated carbocycles. The molecule has 1 aliphatic rings. The highest BCUT2D eigenvalue weighted by atomic mass is 32.1. The number of carbonyl (C=O) groups is 2. The molecule has 0 saturated heterocycles. The first-order chi connectivity index (χ1) is 9.15. The van der Waals surface area contributed by atoms with Gasteiger partial charge in [0.1, 0.15) is 5.69 Å². The number of amides is 2. The van der Waals surface area contributed by atoms with Gasteiger partial charge in [-0.3, -0.25) is 9.59 Å². The summed E-state index contributed by atoms with van der Waals surface area (Å²) < 4.78 is 4.88. The van der Waals surface area contributed by atoms with Crippen molar-refractivity contribution in [2.75, 3.05) is 5.32 Å². The molecular weight excluding hydrogens is 262 g/mol. The maximum atomic E-state index is 11.8. The van der Waals surface area contributed by atoms with Crippen molar-refractivity contribution in [3.63, 3.8) is 0 Å². The molecule has 98 valence electrons. The van der Waals surface area contributed by atoms with Crippen LogP contribution in [-0.2, 0) is 4.79 Å². The number of primary amides is 1. The highest BCUT2D eigenvalue weighted by Gasteiger charge is 2.25. The zero-order valence-corrected chi connectivity index (χ0v) is 11.0. The standard InChI is InChI=1S/C13H13N3O2S/c14-12(17)11-9-5-4-8(6-10(9)19-16-11)15-13(18)7-2-1-3-7/h4-7H,1-3H2,(H2,14,17)(H,15,18). The summed E-state index contributed by atoms with van der Waals surface area (Å²) in [5.74, 6) is -0.305. The van der Waals surface area contributed by atoms with Gasteiger partial charge in [-0.05, 0) is 42.6 Å². The Hall–Kier alpha value is -1.95. The fourth-order valence-corrected chi connectivity index (χ4v) is 2.93. The van der Waals surface area contributed by atoms with Crippen molar-refractivity contribution in [3.05, 3.63) is 23.9 Å². The van der Waals surface area contributed by atoms with Crippen LogP contribution >= 0.6 is 11.5 Å². The van der Waals surface area contributed by atoms with Crippen LogP contribution in [0, 0.1) is 5.92 Å². The number of rotatable bonds is 3. The third kappa shape index (κ3) is 2.19. The largest absolute Gasteiger partial charge is 0.364 e. The van der Waals surface area contributed by atoms with E-state index >= 15 is 0 Å². The normalized spacial score (nSPS) is 15.2. The first-order valence-electron chi connectivity index (χ1n) is 6.15. The molecule has 1 heterocycles. The molecule has 0 atom stereocenters. The lowest BCUT2D eigenvalue weighted by atomic mass is 9.85. The summed E-state index contributed by atoms with van der Waals surface area (Å²) in [5, 5.41) is 3.63. The first-order valence-corrected chi connectivity index (χ1v) is 6.92. The Labute approximate surface area is 114 Å². The van der Waals surface area contributed by atoms with Gasteiger partial charge in [-0.25, -0.2) is 0 Å². The molecule has 6 heteroatoms. The van der Waals surface area contributed by atoms with Crippen LogP contribution in [0.15, 0.2) is 18.2 Å². The predicted molar refractivity (Wildman–Crippen MR) is 74.1 cm³/mol. The zero-order chi connectivity index (χ0) is 13.4. The van der Waals surface area contributed by atoms with Gasteiger partial charge >= 0.3 is 0 Å². The second-order valence-corrected chi connectivity index (χ2v) is 5.53. The molecule has 5 nitrogen and oxygen atoms in total. The minimum atomic E-state index is -0.530. The molecule has 1 aromatic carbocycles. The number of nitrogens with zero attached hydrogens (tertiary/aromatic N) is 1. The van der Waals surface area contributed by atoms with E-state index in [1.807, 2.05) is 6.07 Å². The van der Waals surface area contributed by atoms with E-state index in [1.54, 1.807) is 12.1 Å². The van der Waals surface area contributed by atoms with Gasteiger partial charge in [-0.15, -0.1) is 0 Å². The molecule has 0 radical (unpaired) electrons. The molecule has 3 rings (SSSR count). The van der Waals surface area contributed by atoms with Gasteiger partial charge in [0.2, 0.25) is 5.91 Å². The lowest BCUT2D eigenvalue weighted by Gasteiger charge is -2.24. The van der Waals surface area contributed by atoms with Crippen LogP contribution in [0.2, 0.25) is 0 Å². The molecule has 1 fully saturated rings. The Balaban J connectivity index is 1.85. The van der Waals surface area contributed by atoms with Gasteiger partial charge in [0.05, 0.1) is 4.70 Å². The highest BCUT2D eigenvalue weighted by Crippen LogP contribution is 2.29. The van der Waals surface area contributed by atoms with E-state index < -0.39 is 5.91 Å². The fourth-order valence-electron chi connectivity index (χ4n) is 2.11. The molecule has 0 spiro atoms. The van der Waals surface area contributed by atoms with E-state index in [-0.39, 0.29) is 17.5 Å². The predicted octanol–water partition coefficient (Wildman–Crippen LogP) is 2.13. The Morgan fingerprint density at radius 3 is 2.79 bits per heavy atom. The number of anilines is 1. The van der Waals surface area contributed by atoms with Gasteiger partial charge in [0.25, 0.3) is 5.91 Å². The molecule has 0 aliphatic heterocycles. The number of aromatic nitrogens is 1. The SMILES string of the molecule is NC(=O)c1nsc2cc(NC(=O)C3CCC3)ccc12. The zero-order valence-electron chi connectivity index (χ0n) is 10.2. The summed E-state index contributed by atoms with van der Waals surface area (Å²) in [6.07, 6.45) is 3.08. The van der Waals surface area contributed by atoms with E-state index in [4.69, 9.17) is 5.73 Å². The monoisotopic (exact) mass is 275 g/mol. The van der Waals surface area contributed by atoms with Gasteiger partial charge in [-0.2, -0.15) is 4.37 Å². The number of carbonyl (C=O) groups excluding carboxylic acids is 2. The Morgan fingerprint density at radius 2 is 2.16 bits per heavy atom. The number of hydrogen-bond acceptors (Lipinski definition) is 4. The number of fused-ring (bicyclic) bond motifs is 1. The summed E-state index contributed by atoms with van der Waals surface area (Å²) in [7, 11) is 0. The van der Waals surface area contributed by atoms with Crippen LogP contribution in [0.5, 0.6) is 0 Å². The summed E-state index contributed by atoms with van der Waals surface area (Å²) >= 11 is 1.21. The smallest absolute Gasteiger partial charge is 0.269 e. The quantitative estimate of drug-likeness (QED) is 0.899. The van der Waals surface area contributed by atoms with Gasteiger partial charge in [0, 0.05) is 17.0 Å². The lowest BCUT2D eigenvalue weighted by molar-refractivity contribution is -0.122. The minimum Gasteiger partial charge on any atom is -0.364 e. The number of nitrogens with one attached hydrogen (secondary N) is 1. The molecule has 0 unspecified atom stereocenters. The van der Waals surface area contributed by atoms with Gasteiger partial charge in [-0.1, -0.05) is 6.42 Å². The summed E-state index contributed by atoms with van der Waals surface area (Å²) in [6, 6.07) is 5.38. The van der Waals surface area contributed by atoms with Crippen molar-refractivity contribution in [1.82, 2.24) is 4.37 Å². The van der Waals surface area contributed by atoms with Gasteiger partial charge in [0.15, 0.2) is 0 Å². The molecule has 0 bridgehead atoms. The van der Waals surface area contributed by atoms with E-state index in [2.05, 4.69) is 9.69 Å².